The SMILES string of the molecule is Cn1cc(-c2cc(-c3cnn(C(=O)NCc4ccc(OC5CCOC5)nc4)c3)c3c(C#N)cnn3c2)cn1. The number of nitrogens with zero attached hydrogens (tertiary/aromatic N) is 8. The summed E-state index contributed by atoms with van der Waals surface area (Å²) in [6.07, 6.45) is 12.8. The van der Waals surface area contributed by atoms with E-state index in [0.29, 0.717) is 35.7 Å². The van der Waals surface area contributed by atoms with Crippen LogP contribution in [-0.4, -0.2) is 59.5 Å². The molecule has 5 aromatic heterocycles. The van der Waals surface area contributed by atoms with E-state index < -0.39 is 6.03 Å². The number of fused-ring (bicyclic) bond motifs is 1. The summed E-state index contributed by atoms with van der Waals surface area (Å²) in [6.45, 7) is 1.55. The van der Waals surface area contributed by atoms with Crippen LogP contribution in [0.5, 0.6) is 5.88 Å². The fourth-order valence-corrected chi connectivity index (χ4v) is 4.34. The van der Waals surface area contributed by atoms with Crippen LogP contribution in [0.4, 0.5) is 4.79 Å². The minimum Gasteiger partial charge on any atom is -0.472 e. The highest BCUT2D eigenvalue weighted by Gasteiger charge is 2.18. The second kappa shape index (κ2) is 9.79. The maximum absolute atomic E-state index is 12.8. The zero-order valence-corrected chi connectivity index (χ0v) is 20.5. The molecule has 1 atom stereocenters. The van der Waals surface area contributed by atoms with Crippen molar-refractivity contribution in [1.29, 1.82) is 5.26 Å². The highest BCUT2D eigenvalue weighted by molar-refractivity contribution is 5.88. The zero-order chi connectivity index (χ0) is 26.1. The summed E-state index contributed by atoms with van der Waals surface area (Å²) < 4.78 is 15.7. The smallest absolute Gasteiger partial charge is 0.342 e. The third kappa shape index (κ3) is 4.58. The molecule has 5 aromatic rings. The number of aromatic nitrogens is 7. The average Bonchev–Trinajstić information content (AvgIpc) is 3.75. The molecule has 0 spiro atoms. The van der Waals surface area contributed by atoms with Gasteiger partial charge in [0.25, 0.3) is 0 Å². The molecule has 1 N–H and O–H groups in total. The molecule has 190 valence electrons. The maximum atomic E-state index is 12.8. The number of pyridine rings is 2. The first kappa shape index (κ1) is 23.4. The quantitative estimate of drug-likeness (QED) is 0.369. The van der Waals surface area contributed by atoms with Gasteiger partial charge in [-0.25, -0.2) is 14.3 Å². The van der Waals surface area contributed by atoms with E-state index in [-0.39, 0.29) is 12.6 Å². The largest absolute Gasteiger partial charge is 0.472 e. The summed E-state index contributed by atoms with van der Waals surface area (Å²) in [5.41, 5.74) is 5.05. The first-order valence-electron chi connectivity index (χ1n) is 12.0. The van der Waals surface area contributed by atoms with Crippen molar-refractivity contribution >= 4 is 11.5 Å². The Morgan fingerprint density at radius 2 is 2.03 bits per heavy atom. The lowest BCUT2D eigenvalue weighted by Gasteiger charge is -2.11. The summed E-state index contributed by atoms with van der Waals surface area (Å²) in [5, 5.41) is 25.3. The number of ether oxygens (including phenoxy) is 2. The van der Waals surface area contributed by atoms with E-state index in [1.54, 1.807) is 40.1 Å². The Morgan fingerprint density at radius 1 is 1.13 bits per heavy atom. The van der Waals surface area contributed by atoms with Gasteiger partial charge >= 0.3 is 6.03 Å². The highest BCUT2D eigenvalue weighted by Crippen LogP contribution is 2.31. The van der Waals surface area contributed by atoms with Crippen molar-refractivity contribution in [2.45, 2.75) is 19.1 Å². The van der Waals surface area contributed by atoms with Crippen LogP contribution < -0.4 is 10.1 Å². The van der Waals surface area contributed by atoms with Crippen molar-refractivity contribution in [3.63, 3.8) is 0 Å². The molecular formula is C26H23N9O3. The number of hydrogen-bond acceptors (Lipinski definition) is 8. The minimum atomic E-state index is -0.395. The van der Waals surface area contributed by atoms with Gasteiger partial charge in [0.05, 0.1) is 42.9 Å². The first-order valence-corrected chi connectivity index (χ1v) is 12.0. The van der Waals surface area contributed by atoms with Crippen LogP contribution in [0.15, 0.2) is 61.6 Å². The number of hydrogen-bond donors (Lipinski definition) is 1. The third-order valence-electron chi connectivity index (χ3n) is 6.29. The molecule has 1 unspecified atom stereocenters. The van der Waals surface area contributed by atoms with Crippen molar-refractivity contribution in [3.05, 3.63) is 72.7 Å². The van der Waals surface area contributed by atoms with Gasteiger partial charge in [0.15, 0.2) is 0 Å². The Hall–Kier alpha value is -5.02. The second-order valence-electron chi connectivity index (χ2n) is 8.95. The van der Waals surface area contributed by atoms with E-state index in [2.05, 4.69) is 31.7 Å². The fraction of sp³-hybridized carbons (Fsp3) is 0.231. The van der Waals surface area contributed by atoms with Crippen LogP contribution in [0.1, 0.15) is 17.5 Å². The molecule has 1 fully saturated rings. The van der Waals surface area contributed by atoms with Gasteiger partial charge in [-0.05, 0) is 11.6 Å². The van der Waals surface area contributed by atoms with Gasteiger partial charge in [-0.1, -0.05) is 6.07 Å². The predicted molar refractivity (Wildman–Crippen MR) is 135 cm³/mol. The van der Waals surface area contributed by atoms with Gasteiger partial charge in [-0.3, -0.25) is 4.68 Å². The monoisotopic (exact) mass is 509 g/mol. The zero-order valence-electron chi connectivity index (χ0n) is 20.5. The Bertz CT molecular complexity index is 1650. The van der Waals surface area contributed by atoms with E-state index in [1.165, 1.54) is 10.9 Å². The molecule has 0 radical (unpaired) electrons. The lowest BCUT2D eigenvalue weighted by atomic mass is 10.0. The van der Waals surface area contributed by atoms with Crippen LogP contribution in [0.2, 0.25) is 0 Å². The maximum Gasteiger partial charge on any atom is 0.342 e. The molecule has 0 aromatic carbocycles. The minimum absolute atomic E-state index is 0.0279. The van der Waals surface area contributed by atoms with Gasteiger partial charge in [-0.2, -0.15) is 25.2 Å². The van der Waals surface area contributed by atoms with Gasteiger partial charge in [0, 0.05) is 73.1 Å². The molecule has 0 bridgehead atoms. The van der Waals surface area contributed by atoms with Crippen LogP contribution in [0, 0.1) is 11.3 Å². The molecule has 6 heterocycles. The number of nitriles is 1. The van der Waals surface area contributed by atoms with Crippen molar-refractivity contribution in [3.8, 4) is 34.2 Å². The number of nitrogens with one attached hydrogen (secondary N) is 1. The Morgan fingerprint density at radius 3 is 2.76 bits per heavy atom. The van der Waals surface area contributed by atoms with Gasteiger partial charge < -0.3 is 14.8 Å². The summed E-state index contributed by atoms with van der Waals surface area (Å²) in [6, 6.07) is 7.38. The Labute approximate surface area is 217 Å². The number of aryl methyl sites for hydroxylation is 1. The van der Waals surface area contributed by atoms with Crippen LogP contribution >= 0.6 is 0 Å². The number of amides is 1. The van der Waals surface area contributed by atoms with Crippen molar-refractivity contribution in [2.75, 3.05) is 13.2 Å². The van der Waals surface area contributed by atoms with E-state index in [4.69, 9.17) is 9.47 Å². The van der Waals surface area contributed by atoms with E-state index in [1.807, 2.05) is 31.6 Å². The van der Waals surface area contributed by atoms with Crippen LogP contribution in [0.25, 0.3) is 27.8 Å². The molecular weight excluding hydrogens is 486 g/mol. The lowest BCUT2D eigenvalue weighted by molar-refractivity contribution is 0.138. The van der Waals surface area contributed by atoms with E-state index >= 15 is 0 Å². The summed E-state index contributed by atoms with van der Waals surface area (Å²) in [5.74, 6) is 0.531. The number of carbonyl (C=O) groups excluding carboxylic acids is 1. The van der Waals surface area contributed by atoms with Crippen molar-refractivity contribution < 1.29 is 14.3 Å². The normalized spacial score (nSPS) is 15.0. The van der Waals surface area contributed by atoms with Gasteiger partial charge in [0.1, 0.15) is 12.2 Å². The van der Waals surface area contributed by atoms with Crippen LogP contribution in [0.3, 0.4) is 0 Å². The predicted octanol–water partition coefficient (Wildman–Crippen LogP) is 2.79. The van der Waals surface area contributed by atoms with Crippen molar-refractivity contribution in [2.24, 2.45) is 7.05 Å². The molecule has 1 aliphatic rings. The Balaban J connectivity index is 1.20. The molecule has 0 saturated carbocycles. The summed E-state index contributed by atoms with van der Waals surface area (Å²) in [4.78, 5) is 17.2. The average molecular weight is 510 g/mol. The standard InChI is InChI=1S/C26H23N9O3/c1-33-13-20(11-30-33)18-6-23(25-19(7-27)10-31-34(25)14-18)21-12-32-35(15-21)26(36)29-9-17-2-3-24(28-8-17)38-22-4-5-37-16-22/h2-3,6,8,10-15,22H,4-5,9,16H2,1H3,(H,29,36). The molecule has 1 aliphatic heterocycles. The van der Waals surface area contributed by atoms with E-state index in [9.17, 15) is 10.1 Å². The topological polar surface area (TPSA) is 137 Å². The molecule has 12 heteroatoms. The molecule has 6 rings (SSSR count). The van der Waals surface area contributed by atoms with Gasteiger partial charge in [-0.15, -0.1) is 0 Å². The summed E-state index contributed by atoms with van der Waals surface area (Å²) >= 11 is 0. The highest BCUT2D eigenvalue weighted by atomic mass is 16.5. The van der Waals surface area contributed by atoms with E-state index in [0.717, 1.165) is 28.7 Å². The van der Waals surface area contributed by atoms with Gasteiger partial charge in [0.2, 0.25) is 5.88 Å². The molecule has 12 nitrogen and oxygen atoms in total. The fourth-order valence-electron chi connectivity index (χ4n) is 4.34. The molecule has 1 saturated heterocycles. The Kier molecular flexibility index (Phi) is 6.03. The second-order valence-corrected chi connectivity index (χ2v) is 8.95. The first-order chi connectivity index (χ1) is 18.6. The number of rotatable bonds is 6. The van der Waals surface area contributed by atoms with Crippen LogP contribution in [-0.2, 0) is 18.3 Å². The lowest BCUT2D eigenvalue weighted by Crippen LogP contribution is -2.28. The molecule has 0 aliphatic carbocycles. The molecule has 38 heavy (non-hydrogen) atoms. The van der Waals surface area contributed by atoms with Crippen molar-refractivity contribution in [1.82, 2.24) is 39.5 Å². The molecule has 1 amide bonds. The summed E-state index contributed by atoms with van der Waals surface area (Å²) in [7, 11) is 1.84. The third-order valence-corrected chi connectivity index (χ3v) is 6.29. The number of carbonyl (C=O) groups is 1.